The third kappa shape index (κ3) is 2.65. The Balaban J connectivity index is 2.20. The average molecular weight is 248 g/mol. The summed E-state index contributed by atoms with van der Waals surface area (Å²) in [5.74, 6) is 1.08. The number of nitrogens with one attached hydrogen (secondary N) is 1. The third-order valence-corrected chi connectivity index (χ3v) is 4.60. The van der Waals surface area contributed by atoms with Gasteiger partial charge in [-0.15, -0.1) is 0 Å². The van der Waals surface area contributed by atoms with E-state index in [1.54, 1.807) is 0 Å². The van der Waals surface area contributed by atoms with Crippen LogP contribution in [0.1, 0.15) is 31.4 Å². The largest absolute Gasteiger partial charge is 0.335 e. The van der Waals surface area contributed by atoms with Crippen molar-refractivity contribution >= 4 is 22.6 Å². The molecule has 1 aromatic carbocycles. The number of amidine groups is 1. The number of benzene rings is 1. The molecule has 0 amide bonds. The van der Waals surface area contributed by atoms with Crippen LogP contribution < -0.4 is 5.32 Å². The summed E-state index contributed by atoms with van der Waals surface area (Å²) in [5.41, 5.74) is 3.87. The molecule has 0 fully saturated rings. The van der Waals surface area contributed by atoms with Crippen LogP contribution >= 0.6 is 11.8 Å². The van der Waals surface area contributed by atoms with Crippen molar-refractivity contribution in [1.82, 2.24) is 0 Å². The summed E-state index contributed by atoms with van der Waals surface area (Å²) in [7, 11) is 0. The Labute approximate surface area is 108 Å². The number of anilines is 1. The van der Waals surface area contributed by atoms with Gasteiger partial charge in [0.25, 0.3) is 0 Å². The van der Waals surface area contributed by atoms with Crippen LogP contribution in [0.2, 0.25) is 0 Å². The molecule has 1 unspecified atom stereocenters. The summed E-state index contributed by atoms with van der Waals surface area (Å²) in [6.45, 7) is 8.69. The number of thioether (sulfide) groups is 1. The van der Waals surface area contributed by atoms with Crippen molar-refractivity contribution in [2.75, 3.05) is 11.1 Å². The predicted molar refractivity (Wildman–Crippen MR) is 78.1 cm³/mol. The van der Waals surface area contributed by atoms with Crippen molar-refractivity contribution < 1.29 is 0 Å². The van der Waals surface area contributed by atoms with Crippen LogP contribution in [0.15, 0.2) is 23.2 Å². The smallest absolute Gasteiger partial charge is 0.161 e. The van der Waals surface area contributed by atoms with Gasteiger partial charge in [-0.25, -0.2) is 0 Å². The van der Waals surface area contributed by atoms with Crippen LogP contribution in [0.25, 0.3) is 0 Å². The minimum atomic E-state index is 0.115. The van der Waals surface area contributed by atoms with Gasteiger partial charge in [-0.1, -0.05) is 36.9 Å². The fourth-order valence-corrected chi connectivity index (χ4v) is 3.07. The average Bonchev–Trinajstić information content (AvgIpc) is 2.67. The molecule has 0 aromatic heterocycles. The third-order valence-electron chi connectivity index (χ3n) is 3.37. The molecular weight excluding hydrogens is 228 g/mol. The molecule has 1 aliphatic rings. The molecule has 1 aliphatic heterocycles. The molecule has 0 bridgehead atoms. The first-order valence-corrected chi connectivity index (χ1v) is 7.08. The van der Waals surface area contributed by atoms with Crippen molar-refractivity contribution in [3.63, 3.8) is 0 Å². The van der Waals surface area contributed by atoms with Crippen molar-refractivity contribution in [3.8, 4) is 0 Å². The van der Waals surface area contributed by atoms with Crippen LogP contribution in [0, 0.1) is 13.8 Å². The highest BCUT2D eigenvalue weighted by Gasteiger charge is 2.28. The maximum atomic E-state index is 4.78. The number of hydrogen-bond acceptors (Lipinski definition) is 3. The first kappa shape index (κ1) is 12.5. The van der Waals surface area contributed by atoms with E-state index in [4.69, 9.17) is 4.99 Å². The van der Waals surface area contributed by atoms with Gasteiger partial charge < -0.3 is 5.32 Å². The Bertz CT molecular complexity index is 433. The van der Waals surface area contributed by atoms with Crippen LogP contribution in [0.3, 0.4) is 0 Å². The fourth-order valence-electron chi connectivity index (χ4n) is 1.90. The van der Waals surface area contributed by atoms with E-state index in [-0.39, 0.29) is 5.54 Å². The highest BCUT2D eigenvalue weighted by atomic mass is 32.2. The van der Waals surface area contributed by atoms with Crippen LogP contribution in [-0.4, -0.2) is 16.5 Å². The summed E-state index contributed by atoms with van der Waals surface area (Å²) in [5, 5.41) is 4.54. The van der Waals surface area contributed by atoms with Gasteiger partial charge in [0.2, 0.25) is 0 Å². The van der Waals surface area contributed by atoms with Crippen molar-refractivity contribution in [1.29, 1.82) is 0 Å². The normalized spacial score (nSPS) is 23.6. The Kier molecular flexibility index (Phi) is 3.48. The molecule has 92 valence electrons. The lowest BCUT2D eigenvalue weighted by molar-refractivity contribution is 0.523. The molecule has 3 heteroatoms. The van der Waals surface area contributed by atoms with Gasteiger partial charge in [0, 0.05) is 11.4 Å². The highest BCUT2D eigenvalue weighted by molar-refractivity contribution is 8.14. The lowest BCUT2D eigenvalue weighted by atomic mass is 10.0. The fraction of sp³-hybridized carbons (Fsp3) is 0.500. The minimum absolute atomic E-state index is 0.115. The number of hydrogen-bond donors (Lipinski definition) is 1. The Morgan fingerprint density at radius 2 is 2.00 bits per heavy atom. The second kappa shape index (κ2) is 4.73. The highest BCUT2D eigenvalue weighted by Crippen LogP contribution is 2.31. The molecule has 17 heavy (non-hydrogen) atoms. The standard InChI is InChI=1S/C14H20N2S/c1-5-14(4)9-17-13(16-14)15-12-10(2)7-6-8-11(12)3/h6-8H,5,9H2,1-4H3,(H,15,16). The summed E-state index contributed by atoms with van der Waals surface area (Å²) >= 11 is 1.83. The number of rotatable bonds is 2. The number of aryl methyl sites for hydroxylation is 2. The maximum absolute atomic E-state index is 4.78. The van der Waals surface area contributed by atoms with Crippen molar-refractivity contribution in [3.05, 3.63) is 29.3 Å². The van der Waals surface area contributed by atoms with Gasteiger partial charge in [-0.05, 0) is 38.3 Å². The zero-order chi connectivity index (χ0) is 12.5. The molecular formula is C14H20N2S. The molecule has 0 radical (unpaired) electrons. The van der Waals surface area contributed by atoms with Gasteiger partial charge in [-0.3, -0.25) is 4.99 Å². The maximum Gasteiger partial charge on any atom is 0.161 e. The Morgan fingerprint density at radius 1 is 1.35 bits per heavy atom. The topological polar surface area (TPSA) is 24.4 Å². The van der Waals surface area contributed by atoms with E-state index in [1.165, 1.54) is 16.8 Å². The first-order chi connectivity index (χ1) is 8.04. The Morgan fingerprint density at radius 3 is 2.53 bits per heavy atom. The number of para-hydroxylation sites is 1. The van der Waals surface area contributed by atoms with E-state index < -0.39 is 0 Å². The monoisotopic (exact) mass is 248 g/mol. The number of nitrogens with zero attached hydrogens (tertiary/aromatic N) is 1. The van der Waals surface area contributed by atoms with Crippen LogP contribution in [-0.2, 0) is 0 Å². The summed E-state index contributed by atoms with van der Waals surface area (Å²) in [6, 6.07) is 6.36. The van der Waals surface area contributed by atoms with Gasteiger partial charge >= 0.3 is 0 Å². The molecule has 1 aromatic rings. The molecule has 0 saturated heterocycles. The van der Waals surface area contributed by atoms with Crippen molar-refractivity contribution in [2.24, 2.45) is 4.99 Å². The molecule has 2 rings (SSSR count). The van der Waals surface area contributed by atoms with E-state index in [2.05, 4.69) is 51.2 Å². The van der Waals surface area contributed by atoms with Crippen LogP contribution in [0.5, 0.6) is 0 Å². The van der Waals surface area contributed by atoms with Gasteiger partial charge in [0.1, 0.15) is 0 Å². The molecule has 1 atom stereocenters. The van der Waals surface area contributed by atoms with E-state index in [1.807, 2.05) is 11.8 Å². The Hall–Kier alpha value is -0.960. The summed E-state index contributed by atoms with van der Waals surface area (Å²) in [6.07, 6.45) is 1.10. The SMILES string of the molecule is CCC1(C)CSC(Nc2c(C)cccc2C)=N1. The second-order valence-corrected chi connectivity index (χ2v) is 5.91. The zero-order valence-electron chi connectivity index (χ0n) is 11.0. The van der Waals surface area contributed by atoms with Gasteiger partial charge in [0.15, 0.2) is 5.17 Å². The van der Waals surface area contributed by atoms with E-state index in [9.17, 15) is 0 Å². The van der Waals surface area contributed by atoms with E-state index in [0.717, 1.165) is 17.3 Å². The second-order valence-electron chi connectivity index (χ2n) is 4.95. The lowest BCUT2D eigenvalue weighted by Gasteiger charge is -2.15. The van der Waals surface area contributed by atoms with E-state index in [0.29, 0.717) is 0 Å². The van der Waals surface area contributed by atoms with Gasteiger partial charge in [-0.2, -0.15) is 0 Å². The molecule has 0 spiro atoms. The van der Waals surface area contributed by atoms with E-state index >= 15 is 0 Å². The molecule has 1 N–H and O–H groups in total. The van der Waals surface area contributed by atoms with Crippen LogP contribution in [0.4, 0.5) is 5.69 Å². The first-order valence-electron chi connectivity index (χ1n) is 6.10. The molecule has 1 heterocycles. The van der Waals surface area contributed by atoms with Gasteiger partial charge in [0.05, 0.1) is 5.54 Å². The molecule has 0 saturated carbocycles. The lowest BCUT2D eigenvalue weighted by Crippen LogP contribution is -2.20. The predicted octanol–water partition coefficient (Wildman–Crippen LogP) is 3.99. The summed E-state index contributed by atoms with van der Waals surface area (Å²) < 4.78 is 0. The number of aliphatic imine (C=N–C) groups is 1. The quantitative estimate of drug-likeness (QED) is 0.856. The summed E-state index contributed by atoms with van der Waals surface area (Å²) in [4.78, 5) is 4.78. The molecule has 0 aliphatic carbocycles. The van der Waals surface area contributed by atoms with Crippen molar-refractivity contribution in [2.45, 2.75) is 39.7 Å². The minimum Gasteiger partial charge on any atom is -0.335 e. The molecule has 2 nitrogen and oxygen atoms in total. The zero-order valence-corrected chi connectivity index (χ0v) is 11.8.